The van der Waals surface area contributed by atoms with Gasteiger partial charge < -0.3 is 10.6 Å². The highest BCUT2D eigenvalue weighted by atomic mass is 16.6. The van der Waals surface area contributed by atoms with Gasteiger partial charge in [-0.3, -0.25) is 15.1 Å². The van der Waals surface area contributed by atoms with Crippen molar-refractivity contribution in [2.24, 2.45) is 0 Å². The molecule has 0 radical (unpaired) electrons. The van der Waals surface area contributed by atoms with Crippen LogP contribution in [0.4, 0.5) is 17.1 Å². The van der Waals surface area contributed by atoms with Gasteiger partial charge >= 0.3 is 0 Å². The molecule has 0 bridgehead atoms. The number of nitrogens with zero attached hydrogens (tertiary/aromatic N) is 2. The summed E-state index contributed by atoms with van der Waals surface area (Å²) in [4.78, 5) is 15.1. The van der Waals surface area contributed by atoms with E-state index in [2.05, 4.69) is 15.6 Å². The van der Waals surface area contributed by atoms with Crippen LogP contribution >= 0.6 is 0 Å². The molecule has 1 aromatic heterocycles. The van der Waals surface area contributed by atoms with Crippen LogP contribution < -0.4 is 10.6 Å². The minimum atomic E-state index is -0.332. The second-order valence-electron chi connectivity index (χ2n) is 4.92. The highest BCUT2D eigenvalue weighted by Crippen LogP contribution is 2.36. The van der Waals surface area contributed by atoms with Crippen LogP contribution in [0, 0.1) is 10.1 Å². The third kappa shape index (κ3) is 2.79. The van der Waals surface area contributed by atoms with E-state index >= 15 is 0 Å². The van der Waals surface area contributed by atoms with Crippen molar-refractivity contribution < 1.29 is 4.92 Å². The molecular formula is C15H16N4O2. The van der Waals surface area contributed by atoms with Crippen LogP contribution in [-0.2, 0) is 12.8 Å². The summed E-state index contributed by atoms with van der Waals surface area (Å²) in [6.45, 7) is 1.44. The van der Waals surface area contributed by atoms with E-state index in [1.807, 2.05) is 18.2 Å². The Morgan fingerprint density at radius 3 is 3.00 bits per heavy atom. The first-order valence-electron chi connectivity index (χ1n) is 6.93. The van der Waals surface area contributed by atoms with Gasteiger partial charge in [0.15, 0.2) is 0 Å². The molecule has 1 aliphatic heterocycles. The standard InChI is InChI=1S/C15H16N4O2/c20-19(21)14-5-4-13-12(7-10-17-13)15(14)18-9-6-11-3-1-2-8-16-11/h1-5,8,17-18H,6-7,9-10H2. The minimum Gasteiger partial charge on any atom is -0.384 e. The predicted molar refractivity (Wildman–Crippen MR) is 81.7 cm³/mol. The van der Waals surface area contributed by atoms with Gasteiger partial charge in [0.1, 0.15) is 5.69 Å². The van der Waals surface area contributed by atoms with E-state index in [0.29, 0.717) is 12.2 Å². The fourth-order valence-electron chi connectivity index (χ4n) is 2.59. The van der Waals surface area contributed by atoms with E-state index in [4.69, 9.17) is 0 Å². The van der Waals surface area contributed by atoms with Crippen molar-refractivity contribution in [1.82, 2.24) is 4.98 Å². The molecule has 0 amide bonds. The fourth-order valence-corrected chi connectivity index (χ4v) is 2.59. The summed E-state index contributed by atoms with van der Waals surface area (Å²) in [6, 6.07) is 9.10. The lowest BCUT2D eigenvalue weighted by Gasteiger charge is -2.11. The number of fused-ring (bicyclic) bond motifs is 1. The van der Waals surface area contributed by atoms with Crippen LogP contribution in [0.1, 0.15) is 11.3 Å². The van der Waals surface area contributed by atoms with Crippen LogP contribution in [0.5, 0.6) is 0 Å². The molecule has 1 aromatic carbocycles. The Morgan fingerprint density at radius 2 is 2.24 bits per heavy atom. The Kier molecular flexibility index (Phi) is 3.68. The van der Waals surface area contributed by atoms with E-state index in [1.54, 1.807) is 18.3 Å². The zero-order valence-electron chi connectivity index (χ0n) is 11.5. The molecule has 2 N–H and O–H groups in total. The topological polar surface area (TPSA) is 80.1 Å². The van der Waals surface area contributed by atoms with Gasteiger partial charge in [-0.25, -0.2) is 0 Å². The van der Waals surface area contributed by atoms with Crippen molar-refractivity contribution in [1.29, 1.82) is 0 Å². The SMILES string of the molecule is O=[N+]([O-])c1ccc2c(c1NCCc1ccccn1)CCN2. The molecule has 0 aliphatic carbocycles. The molecule has 21 heavy (non-hydrogen) atoms. The summed E-state index contributed by atoms with van der Waals surface area (Å²) in [7, 11) is 0. The van der Waals surface area contributed by atoms with Crippen molar-refractivity contribution >= 4 is 17.1 Å². The smallest absolute Gasteiger partial charge is 0.292 e. The second-order valence-corrected chi connectivity index (χ2v) is 4.92. The van der Waals surface area contributed by atoms with Crippen LogP contribution in [0.25, 0.3) is 0 Å². The molecule has 6 heteroatoms. The average Bonchev–Trinajstić information content (AvgIpc) is 2.97. The summed E-state index contributed by atoms with van der Waals surface area (Å²) >= 11 is 0. The molecule has 0 saturated carbocycles. The lowest BCUT2D eigenvalue weighted by atomic mass is 10.1. The summed E-state index contributed by atoms with van der Waals surface area (Å²) in [5.41, 5.74) is 3.74. The molecule has 0 fully saturated rings. The Labute approximate surface area is 122 Å². The maximum absolute atomic E-state index is 11.2. The van der Waals surface area contributed by atoms with Gasteiger partial charge in [-0.05, 0) is 24.6 Å². The highest BCUT2D eigenvalue weighted by molar-refractivity contribution is 5.77. The van der Waals surface area contributed by atoms with Crippen molar-refractivity contribution in [3.63, 3.8) is 0 Å². The summed E-state index contributed by atoms with van der Waals surface area (Å²) in [5.74, 6) is 0. The maximum Gasteiger partial charge on any atom is 0.292 e. The Morgan fingerprint density at radius 1 is 1.33 bits per heavy atom. The van der Waals surface area contributed by atoms with Gasteiger partial charge in [-0.15, -0.1) is 0 Å². The third-order valence-electron chi connectivity index (χ3n) is 3.59. The molecule has 3 rings (SSSR count). The summed E-state index contributed by atoms with van der Waals surface area (Å²) in [6.07, 6.45) is 3.29. The summed E-state index contributed by atoms with van der Waals surface area (Å²) < 4.78 is 0. The van der Waals surface area contributed by atoms with E-state index in [9.17, 15) is 10.1 Å². The van der Waals surface area contributed by atoms with E-state index in [1.165, 1.54) is 0 Å². The van der Waals surface area contributed by atoms with Crippen LogP contribution in [-0.4, -0.2) is 23.0 Å². The molecule has 0 saturated heterocycles. The molecule has 2 aromatic rings. The number of nitro benzene ring substituents is 1. The Hall–Kier alpha value is -2.63. The van der Waals surface area contributed by atoms with Gasteiger partial charge in [0, 0.05) is 48.7 Å². The molecule has 0 atom stereocenters. The first-order chi connectivity index (χ1) is 10.3. The Balaban J connectivity index is 1.78. The van der Waals surface area contributed by atoms with Gasteiger partial charge in [-0.1, -0.05) is 6.07 Å². The molecule has 1 aliphatic rings. The van der Waals surface area contributed by atoms with E-state index in [0.717, 1.165) is 36.3 Å². The summed E-state index contributed by atoms with van der Waals surface area (Å²) in [5, 5.41) is 17.6. The third-order valence-corrected chi connectivity index (χ3v) is 3.59. The number of pyridine rings is 1. The van der Waals surface area contributed by atoms with Crippen LogP contribution in [0.15, 0.2) is 36.5 Å². The number of hydrogen-bond acceptors (Lipinski definition) is 5. The normalized spacial score (nSPS) is 12.6. The van der Waals surface area contributed by atoms with Crippen molar-refractivity contribution in [2.75, 3.05) is 23.7 Å². The zero-order valence-corrected chi connectivity index (χ0v) is 11.5. The number of nitrogens with one attached hydrogen (secondary N) is 2. The second kappa shape index (κ2) is 5.78. The van der Waals surface area contributed by atoms with Crippen molar-refractivity contribution in [3.8, 4) is 0 Å². The first-order valence-corrected chi connectivity index (χ1v) is 6.93. The van der Waals surface area contributed by atoms with E-state index < -0.39 is 0 Å². The van der Waals surface area contributed by atoms with Gasteiger partial charge in [0.25, 0.3) is 5.69 Å². The van der Waals surface area contributed by atoms with Crippen molar-refractivity contribution in [2.45, 2.75) is 12.8 Å². The average molecular weight is 284 g/mol. The molecule has 6 nitrogen and oxygen atoms in total. The lowest BCUT2D eigenvalue weighted by molar-refractivity contribution is -0.384. The van der Waals surface area contributed by atoms with Crippen LogP contribution in [0.3, 0.4) is 0 Å². The van der Waals surface area contributed by atoms with E-state index in [-0.39, 0.29) is 10.6 Å². The quantitative estimate of drug-likeness (QED) is 0.651. The number of nitro groups is 1. The monoisotopic (exact) mass is 284 g/mol. The van der Waals surface area contributed by atoms with Crippen LogP contribution in [0.2, 0.25) is 0 Å². The molecule has 0 unspecified atom stereocenters. The number of hydrogen-bond donors (Lipinski definition) is 2. The maximum atomic E-state index is 11.2. The lowest BCUT2D eigenvalue weighted by Crippen LogP contribution is -2.09. The van der Waals surface area contributed by atoms with Gasteiger partial charge in [0.05, 0.1) is 4.92 Å². The number of rotatable bonds is 5. The zero-order chi connectivity index (χ0) is 14.7. The van der Waals surface area contributed by atoms with Gasteiger partial charge in [-0.2, -0.15) is 0 Å². The highest BCUT2D eigenvalue weighted by Gasteiger charge is 2.23. The van der Waals surface area contributed by atoms with Crippen molar-refractivity contribution in [3.05, 3.63) is 57.9 Å². The molecule has 108 valence electrons. The minimum absolute atomic E-state index is 0.137. The number of benzene rings is 1. The fraction of sp³-hybridized carbons (Fsp3) is 0.267. The Bertz CT molecular complexity index is 658. The molecular weight excluding hydrogens is 268 g/mol. The number of aromatic nitrogens is 1. The predicted octanol–water partition coefficient (Wildman–Crippen LogP) is 2.61. The molecule has 2 heterocycles. The van der Waals surface area contributed by atoms with Gasteiger partial charge in [0.2, 0.25) is 0 Å². The first kappa shape index (κ1) is 13.4. The number of anilines is 2. The molecule has 0 spiro atoms. The largest absolute Gasteiger partial charge is 0.384 e.